The van der Waals surface area contributed by atoms with E-state index in [1.807, 2.05) is 24.3 Å². The molecule has 1 saturated carbocycles. The maximum atomic E-state index is 14.1. The van der Waals surface area contributed by atoms with E-state index in [-0.39, 0.29) is 30.4 Å². The number of aromatic hydroxyl groups is 1. The van der Waals surface area contributed by atoms with Gasteiger partial charge in [0.25, 0.3) is 11.8 Å². The van der Waals surface area contributed by atoms with Crippen molar-refractivity contribution >= 4 is 69.4 Å². The number of alkyl halides is 2. The van der Waals surface area contributed by atoms with Crippen LogP contribution in [0.2, 0.25) is 0 Å². The van der Waals surface area contributed by atoms with Gasteiger partial charge in [-0.15, -0.1) is 23.2 Å². The Morgan fingerprint density at radius 2 is 1.64 bits per heavy atom. The van der Waals surface area contributed by atoms with Crippen LogP contribution in [0.1, 0.15) is 29.9 Å². The molecular weight excluding hydrogens is 575 g/mol. The summed E-state index contributed by atoms with van der Waals surface area (Å²) in [6, 6.07) is 17.7. The molecule has 0 unspecified atom stereocenters. The highest BCUT2D eigenvalue weighted by Crippen LogP contribution is 2.66. The minimum atomic E-state index is -1.96. The van der Waals surface area contributed by atoms with Crippen molar-refractivity contribution in [1.29, 1.82) is 0 Å². The van der Waals surface area contributed by atoms with Gasteiger partial charge in [-0.3, -0.25) is 29.0 Å². The van der Waals surface area contributed by atoms with Crippen LogP contribution in [0, 0.1) is 17.8 Å². The second kappa shape index (κ2) is 9.03. The summed E-state index contributed by atoms with van der Waals surface area (Å²) in [4.78, 5) is 53.5. The SMILES string of the molecule is C=Cc1ccc(N2C(=O)[C@H]3[C@H](CC=C4[C@H]3C[C@@]3(Cl)C(=O)N(C)C(=O)[C@@]3(Cl)[C@H]4c3ccc4ccccc4c3O)C2=O)cc1. The maximum absolute atomic E-state index is 14.1. The van der Waals surface area contributed by atoms with Crippen LogP contribution in [-0.4, -0.2) is 50.4 Å². The number of hydrogen-bond acceptors (Lipinski definition) is 5. The van der Waals surface area contributed by atoms with Crippen molar-refractivity contribution in [3.05, 3.63) is 90.0 Å². The lowest BCUT2D eigenvalue weighted by atomic mass is 9.56. The van der Waals surface area contributed by atoms with Gasteiger partial charge in [0, 0.05) is 23.9 Å². The summed E-state index contributed by atoms with van der Waals surface area (Å²) in [6.07, 6.45) is 3.67. The number of benzene rings is 3. The van der Waals surface area contributed by atoms with Crippen molar-refractivity contribution in [2.24, 2.45) is 17.8 Å². The van der Waals surface area contributed by atoms with E-state index in [0.29, 0.717) is 22.2 Å². The molecule has 2 saturated heterocycles. The van der Waals surface area contributed by atoms with Gasteiger partial charge >= 0.3 is 0 Å². The van der Waals surface area contributed by atoms with Crippen LogP contribution in [0.4, 0.5) is 5.69 Å². The van der Waals surface area contributed by atoms with Crippen LogP contribution in [0.5, 0.6) is 5.75 Å². The van der Waals surface area contributed by atoms with Crippen LogP contribution in [0.15, 0.2) is 78.9 Å². The number of phenols is 1. The number of carbonyl (C=O) groups excluding carboxylic acids is 4. The van der Waals surface area contributed by atoms with Crippen LogP contribution in [0.3, 0.4) is 0 Å². The molecule has 4 aliphatic rings. The summed E-state index contributed by atoms with van der Waals surface area (Å²) in [5.41, 5.74) is 2.27. The number of anilines is 1. The molecular formula is C33H26Cl2N2O5. The van der Waals surface area contributed by atoms with Crippen molar-refractivity contribution in [2.75, 3.05) is 11.9 Å². The number of nitrogens with zero attached hydrogens (tertiary/aromatic N) is 2. The minimum Gasteiger partial charge on any atom is -0.507 e. The molecule has 6 atom stereocenters. The predicted octanol–water partition coefficient (Wildman–Crippen LogP) is 5.38. The van der Waals surface area contributed by atoms with Gasteiger partial charge < -0.3 is 5.11 Å². The Kier molecular flexibility index (Phi) is 5.79. The van der Waals surface area contributed by atoms with E-state index < -0.39 is 45.2 Å². The minimum absolute atomic E-state index is 0.0756. The number of amides is 4. The first-order chi connectivity index (χ1) is 20.0. The van der Waals surface area contributed by atoms with Gasteiger partial charge in [-0.25, -0.2) is 0 Å². The zero-order valence-corrected chi connectivity index (χ0v) is 24.1. The number of allylic oxidation sites excluding steroid dienone is 2. The lowest BCUT2D eigenvalue weighted by Crippen LogP contribution is -2.60. The van der Waals surface area contributed by atoms with Gasteiger partial charge in [0.05, 0.1) is 17.5 Å². The Labute approximate surface area is 252 Å². The molecule has 0 bridgehead atoms. The second-order valence-corrected chi connectivity index (χ2v) is 12.8. The van der Waals surface area contributed by atoms with Crippen molar-refractivity contribution < 1.29 is 24.3 Å². The number of carbonyl (C=O) groups is 4. The molecule has 9 heteroatoms. The van der Waals surface area contributed by atoms with E-state index in [9.17, 15) is 24.3 Å². The van der Waals surface area contributed by atoms with Crippen molar-refractivity contribution in [3.8, 4) is 5.75 Å². The highest BCUT2D eigenvalue weighted by atomic mass is 35.5. The average Bonchev–Trinajstić information content (AvgIpc) is 3.33. The van der Waals surface area contributed by atoms with E-state index in [1.165, 1.54) is 11.9 Å². The van der Waals surface area contributed by atoms with E-state index in [0.717, 1.165) is 15.8 Å². The Morgan fingerprint density at radius 3 is 2.36 bits per heavy atom. The normalized spacial score (nSPS) is 32.1. The first-order valence-electron chi connectivity index (χ1n) is 13.8. The number of phenolic OH excluding ortho intramolecular Hbond substituents is 1. The standard InChI is InChI=1S/C33H26Cl2N2O5/c1-3-17-8-11-19(12-9-17)37-28(39)22-15-14-21-24(25(22)29(37)40)16-32(34)30(41)36(2)31(42)33(32,35)26(21)23-13-10-18-6-4-5-7-20(18)27(23)38/h3-14,22,24-26,38H,1,15-16H2,2H3/t22-,24+,25-,26+,32+,33-/m0/s1. The first kappa shape index (κ1) is 26.9. The molecule has 42 heavy (non-hydrogen) atoms. The molecule has 3 aromatic carbocycles. The monoisotopic (exact) mass is 600 g/mol. The lowest BCUT2D eigenvalue weighted by Gasteiger charge is -2.50. The van der Waals surface area contributed by atoms with Crippen molar-refractivity contribution in [2.45, 2.75) is 28.5 Å². The van der Waals surface area contributed by atoms with E-state index in [1.54, 1.807) is 48.5 Å². The quantitative estimate of drug-likeness (QED) is 0.247. The third kappa shape index (κ3) is 3.23. The third-order valence-electron chi connectivity index (χ3n) is 9.64. The molecule has 3 aromatic rings. The third-order valence-corrected chi connectivity index (χ3v) is 11.1. The topological polar surface area (TPSA) is 95.0 Å². The Bertz CT molecular complexity index is 1780. The van der Waals surface area contributed by atoms with Crippen molar-refractivity contribution in [1.82, 2.24) is 4.90 Å². The fraction of sp³-hybridized carbons (Fsp3) is 0.273. The number of rotatable bonds is 3. The van der Waals surface area contributed by atoms with E-state index in [2.05, 4.69) is 6.58 Å². The zero-order valence-electron chi connectivity index (χ0n) is 22.6. The summed E-state index contributed by atoms with van der Waals surface area (Å²) in [5, 5.41) is 12.9. The second-order valence-electron chi connectivity index (χ2n) is 11.5. The zero-order chi connectivity index (χ0) is 29.7. The molecule has 3 fully saturated rings. The van der Waals surface area contributed by atoms with Crippen LogP contribution >= 0.6 is 23.2 Å². The summed E-state index contributed by atoms with van der Waals surface area (Å²) in [5.74, 6) is -5.28. The van der Waals surface area contributed by atoms with Gasteiger partial charge in [-0.05, 0) is 41.8 Å². The van der Waals surface area contributed by atoms with Gasteiger partial charge in [-0.2, -0.15) is 0 Å². The highest BCUT2D eigenvalue weighted by Gasteiger charge is 2.76. The van der Waals surface area contributed by atoms with Crippen molar-refractivity contribution in [3.63, 3.8) is 0 Å². The molecule has 4 amide bonds. The molecule has 2 aliphatic carbocycles. The molecule has 0 aromatic heterocycles. The van der Waals surface area contributed by atoms with Crippen LogP contribution < -0.4 is 4.90 Å². The molecule has 2 aliphatic heterocycles. The highest BCUT2D eigenvalue weighted by molar-refractivity contribution is 6.53. The Balaban J connectivity index is 1.41. The predicted molar refractivity (Wildman–Crippen MR) is 160 cm³/mol. The van der Waals surface area contributed by atoms with E-state index in [4.69, 9.17) is 23.2 Å². The summed E-state index contributed by atoms with van der Waals surface area (Å²) < 4.78 is 0. The summed E-state index contributed by atoms with van der Waals surface area (Å²) >= 11 is 14.5. The van der Waals surface area contributed by atoms with Gasteiger partial charge in [-0.1, -0.05) is 72.8 Å². The summed E-state index contributed by atoms with van der Waals surface area (Å²) in [6.45, 7) is 3.75. The number of hydrogen-bond donors (Lipinski definition) is 1. The fourth-order valence-corrected chi connectivity index (χ4v) is 8.62. The number of fused-ring (bicyclic) bond motifs is 5. The molecule has 0 spiro atoms. The molecule has 212 valence electrons. The van der Waals surface area contributed by atoms with Gasteiger partial charge in [0.2, 0.25) is 11.8 Å². The maximum Gasteiger partial charge on any atom is 0.253 e. The molecule has 1 N–H and O–H groups in total. The van der Waals surface area contributed by atoms with Gasteiger partial charge in [0.15, 0.2) is 9.75 Å². The average molecular weight is 601 g/mol. The van der Waals surface area contributed by atoms with Crippen LogP contribution in [-0.2, 0) is 19.2 Å². The smallest absolute Gasteiger partial charge is 0.253 e. The number of halogens is 2. The molecule has 7 nitrogen and oxygen atoms in total. The lowest BCUT2D eigenvalue weighted by molar-refractivity contribution is -0.138. The molecule has 2 heterocycles. The van der Waals surface area contributed by atoms with E-state index >= 15 is 0 Å². The summed E-state index contributed by atoms with van der Waals surface area (Å²) in [7, 11) is 1.34. The number of imide groups is 2. The van der Waals surface area contributed by atoms with Gasteiger partial charge in [0.1, 0.15) is 5.75 Å². The largest absolute Gasteiger partial charge is 0.507 e. The molecule has 0 radical (unpaired) electrons. The first-order valence-corrected chi connectivity index (χ1v) is 14.5. The number of likely N-dealkylation sites (tertiary alicyclic amines) is 1. The Hall–Kier alpha value is -3.94. The Morgan fingerprint density at radius 1 is 0.929 bits per heavy atom. The van der Waals surface area contributed by atoms with Crippen LogP contribution in [0.25, 0.3) is 16.8 Å². The fourth-order valence-electron chi connectivity index (χ4n) is 7.61. The molecule has 7 rings (SSSR count).